The Morgan fingerprint density at radius 1 is 1.29 bits per heavy atom. The smallest absolute Gasteiger partial charge is 0.161 e. The lowest BCUT2D eigenvalue weighted by molar-refractivity contribution is 0.393. The molecule has 0 radical (unpaired) electrons. The van der Waals surface area contributed by atoms with Crippen LogP contribution in [0.5, 0.6) is 5.75 Å². The zero-order valence-electron chi connectivity index (χ0n) is 13.4. The number of nitrogens with zero attached hydrogens (tertiary/aromatic N) is 2. The third kappa shape index (κ3) is 3.64. The van der Waals surface area contributed by atoms with Crippen LogP contribution < -0.4 is 10.1 Å². The quantitative estimate of drug-likeness (QED) is 0.850. The van der Waals surface area contributed by atoms with Gasteiger partial charge in [0.15, 0.2) is 5.75 Å². The van der Waals surface area contributed by atoms with Crippen molar-refractivity contribution in [3.05, 3.63) is 47.3 Å². The first-order valence-electron chi connectivity index (χ1n) is 7.52. The molecule has 0 aliphatic rings. The number of benzene rings is 1. The van der Waals surface area contributed by atoms with Crippen molar-refractivity contribution in [3.8, 4) is 5.75 Å². The summed E-state index contributed by atoms with van der Waals surface area (Å²) >= 11 is 0. The summed E-state index contributed by atoms with van der Waals surface area (Å²) in [5.41, 5.74) is 3.72. The highest BCUT2D eigenvalue weighted by atomic mass is 16.5. The number of rotatable bonds is 7. The molecule has 0 aliphatic heterocycles. The molecule has 1 N–H and O–H groups in total. The Labute approximate surface area is 127 Å². The molecular formula is C17H25N3O. The summed E-state index contributed by atoms with van der Waals surface area (Å²) in [6, 6.07) is 8.88. The summed E-state index contributed by atoms with van der Waals surface area (Å²) in [6.45, 7) is 5.18. The van der Waals surface area contributed by atoms with Crippen molar-refractivity contribution in [2.75, 3.05) is 14.2 Å². The molecule has 0 spiro atoms. The van der Waals surface area contributed by atoms with Crippen LogP contribution in [0.2, 0.25) is 0 Å². The van der Waals surface area contributed by atoms with Crippen LogP contribution in [-0.4, -0.2) is 23.9 Å². The number of aromatic nitrogens is 2. The highest BCUT2D eigenvalue weighted by molar-refractivity contribution is 5.31. The van der Waals surface area contributed by atoms with Crippen LogP contribution in [0.1, 0.15) is 36.2 Å². The van der Waals surface area contributed by atoms with Gasteiger partial charge in [0.1, 0.15) is 0 Å². The topological polar surface area (TPSA) is 39.1 Å². The SMILES string of the molecule is CCCn1ncc(OC)c1C(Cc1ccc(C)cc1)NC. The van der Waals surface area contributed by atoms with Crippen molar-refractivity contribution in [1.29, 1.82) is 0 Å². The molecule has 4 nitrogen and oxygen atoms in total. The second-order valence-corrected chi connectivity index (χ2v) is 5.35. The predicted molar refractivity (Wildman–Crippen MR) is 85.8 cm³/mol. The van der Waals surface area contributed by atoms with Gasteiger partial charge in [0.2, 0.25) is 0 Å². The molecule has 1 atom stereocenters. The monoisotopic (exact) mass is 287 g/mol. The van der Waals surface area contributed by atoms with Crippen LogP contribution in [0.15, 0.2) is 30.5 Å². The van der Waals surface area contributed by atoms with Gasteiger partial charge in [-0.05, 0) is 32.4 Å². The Bertz CT molecular complexity index is 560. The van der Waals surface area contributed by atoms with Gasteiger partial charge in [0, 0.05) is 6.54 Å². The van der Waals surface area contributed by atoms with Crippen LogP contribution in [0, 0.1) is 6.92 Å². The number of aryl methyl sites for hydroxylation is 2. The van der Waals surface area contributed by atoms with Crippen LogP contribution in [0.3, 0.4) is 0 Å². The lowest BCUT2D eigenvalue weighted by Gasteiger charge is -2.19. The van der Waals surface area contributed by atoms with E-state index >= 15 is 0 Å². The van der Waals surface area contributed by atoms with Crippen molar-refractivity contribution >= 4 is 0 Å². The molecule has 0 amide bonds. The highest BCUT2D eigenvalue weighted by Crippen LogP contribution is 2.27. The third-order valence-electron chi connectivity index (χ3n) is 3.74. The third-order valence-corrected chi connectivity index (χ3v) is 3.74. The van der Waals surface area contributed by atoms with Gasteiger partial charge in [0.05, 0.1) is 25.0 Å². The number of nitrogens with one attached hydrogen (secondary N) is 1. The van der Waals surface area contributed by atoms with Crippen molar-refractivity contribution in [2.45, 2.75) is 39.3 Å². The number of likely N-dealkylation sites (N-methyl/N-ethyl adjacent to an activating group) is 1. The number of hydrogen-bond donors (Lipinski definition) is 1. The van der Waals surface area contributed by atoms with Crippen molar-refractivity contribution in [2.24, 2.45) is 0 Å². The molecule has 21 heavy (non-hydrogen) atoms. The van der Waals surface area contributed by atoms with E-state index in [4.69, 9.17) is 4.74 Å². The molecule has 1 unspecified atom stereocenters. The number of hydrogen-bond acceptors (Lipinski definition) is 3. The van der Waals surface area contributed by atoms with Gasteiger partial charge in [-0.1, -0.05) is 36.8 Å². The maximum Gasteiger partial charge on any atom is 0.161 e. The summed E-state index contributed by atoms with van der Waals surface area (Å²) in [5.74, 6) is 0.856. The standard InChI is InChI=1S/C17H25N3O/c1-5-10-20-17(16(21-4)12-19-20)15(18-3)11-14-8-6-13(2)7-9-14/h6-9,12,15,18H,5,10-11H2,1-4H3. The molecule has 0 bridgehead atoms. The molecule has 2 rings (SSSR count). The van der Waals surface area contributed by atoms with Gasteiger partial charge in [0.25, 0.3) is 0 Å². The second-order valence-electron chi connectivity index (χ2n) is 5.35. The molecule has 114 valence electrons. The van der Waals surface area contributed by atoms with Gasteiger partial charge in [-0.15, -0.1) is 0 Å². The van der Waals surface area contributed by atoms with Gasteiger partial charge >= 0.3 is 0 Å². The maximum atomic E-state index is 5.49. The van der Waals surface area contributed by atoms with Gasteiger partial charge in [-0.2, -0.15) is 5.10 Å². The van der Waals surface area contributed by atoms with Crippen LogP contribution >= 0.6 is 0 Å². The van der Waals surface area contributed by atoms with E-state index in [1.54, 1.807) is 7.11 Å². The minimum Gasteiger partial charge on any atom is -0.493 e. The first-order chi connectivity index (χ1) is 10.2. The van der Waals surface area contributed by atoms with Crippen LogP contribution in [0.25, 0.3) is 0 Å². The first-order valence-corrected chi connectivity index (χ1v) is 7.52. The molecule has 1 aromatic carbocycles. The van der Waals surface area contributed by atoms with Crippen molar-refractivity contribution < 1.29 is 4.74 Å². The minimum atomic E-state index is 0.191. The Morgan fingerprint density at radius 2 is 2.00 bits per heavy atom. The predicted octanol–water partition coefficient (Wildman–Crippen LogP) is 3.11. The van der Waals surface area contributed by atoms with E-state index in [2.05, 4.69) is 48.5 Å². The maximum absolute atomic E-state index is 5.49. The lowest BCUT2D eigenvalue weighted by atomic mass is 10.0. The second kappa shape index (κ2) is 7.27. The van der Waals surface area contributed by atoms with E-state index in [1.807, 2.05) is 17.9 Å². The summed E-state index contributed by atoms with van der Waals surface area (Å²) < 4.78 is 7.54. The summed E-state index contributed by atoms with van der Waals surface area (Å²) in [4.78, 5) is 0. The zero-order valence-corrected chi connectivity index (χ0v) is 13.4. The lowest BCUT2D eigenvalue weighted by Crippen LogP contribution is -2.23. The molecule has 0 saturated carbocycles. The molecular weight excluding hydrogens is 262 g/mol. The number of methoxy groups -OCH3 is 1. The minimum absolute atomic E-state index is 0.191. The van der Waals surface area contributed by atoms with E-state index < -0.39 is 0 Å². The van der Waals surface area contributed by atoms with E-state index in [9.17, 15) is 0 Å². The van der Waals surface area contributed by atoms with Crippen molar-refractivity contribution in [1.82, 2.24) is 15.1 Å². The highest BCUT2D eigenvalue weighted by Gasteiger charge is 2.20. The fourth-order valence-electron chi connectivity index (χ4n) is 2.57. The average Bonchev–Trinajstić information content (AvgIpc) is 2.90. The molecule has 1 aromatic heterocycles. The first kappa shape index (κ1) is 15.6. The zero-order chi connectivity index (χ0) is 15.2. The average molecular weight is 287 g/mol. The molecule has 0 fully saturated rings. The van der Waals surface area contributed by atoms with E-state index in [0.29, 0.717) is 0 Å². The summed E-state index contributed by atoms with van der Waals surface area (Å²) in [6.07, 6.45) is 3.78. The van der Waals surface area contributed by atoms with Gasteiger partial charge in [-0.25, -0.2) is 0 Å². The fourth-order valence-corrected chi connectivity index (χ4v) is 2.57. The van der Waals surface area contributed by atoms with Gasteiger partial charge in [-0.3, -0.25) is 4.68 Å². The Morgan fingerprint density at radius 3 is 2.57 bits per heavy atom. The van der Waals surface area contributed by atoms with E-state index in [1.165, 1.54) is 11.1 Å². The Kier molecular flexibility index (Phi) is 5.39. The van der Waals surface area contributed by atoms with Crippen LogP contribution in [-0.2, 0) is 13.0 Å². The number of ether oxygens (including phenoxy) is 1. The molecule has 2 aromatic rings. The van der Waals surface area contributed by atoms with Crippen molar-refractivity contribution in [3.63, 3.8) is 0 Å². The van der Waals surface area contributed by atoms with Gasteiger partial charge < -0.3 is 10.1 Å². The molecule has 0 aliphatic carbocycles. The van der Waals surface area contributed by atoms with Crippen LogP contribution in [0.4, 0.5) is 0 Å². The Balaban J connectivity index is 2.27. The van der Waals surface area contributed by atoms with E-state index in [-0.39, 0.29) is 6.04 Å². The molecule has 4 heteroatoms. The Hall–Kier alpha value is -1.81. The fraction of sp³-hybridized carbons (Fsp3) is 0.471. The molecule has 0 saturated heterocycles. The molecule has 1 heterocycles. The summed E-state index contributed by atoms with van der Waals surface area (Å²) in [5, 5.41) is 7.85. The largest absolute Gasteiger partial charge is 0.493 e. The normalized spacial score (nSPS) is 12.4. The summed E-state index contributed by atoms with van der Waals surface area (Å²) in [7, 11) is 3.69. The van der Waals surface area contributed by atoms with E-state index in [0.717, 1.165) is 30.8 Å².